The zero-order valence-electron chi connectivity index (χ0n) is 8.02. The van der Waals surface area contributed by atoms with Gasteiger partial charge in [0.15, 0.2) is 0 Å². The number of alkyl halides is 3. The summed E-state index contributed by atoms with van der Waals surface area (Å²) in [6, 6.07) is 0. The first kappa shape index (κ1) is 12.4. The molecule has 1 heterocycles. The summed E-state index contributed by atoms with van der Waals surface area (Å²) in [6.07, 6.45) is -0.519. The molecular formula is C8H8Cl2F2N2O. The first-order chi connectivity index (χ1) is 6.73. The van der Waals surface area contributed by atoms with Crippen molar-refractivity contribution < 1.29 is 13.6 Å². The number of carbonyl (C=O) groups is 1. The Labute approximate surface area is 95.0 Å². The molecule has 1 aromatic heterocycles. The predicted molar refractivity (Wildman–Crippen MR) is 52.5 cm³/mol. The van der Waals surface area contributed by atoms with E-state index in [4.69, 9.17) is 11.6 Å². The normalized spacial score (nSPS) is 11.9. The molecule has 0 aliphatic rings. The van der Waals surface area contributed by atoms with E-state index in [0.717, 1.165) is 0 Å². The molecule has 0 N–H and O–H groups in total. The number of rotatable bonds is 3. The van der Waals surface area contributed by atoms with Gasteiger partial charge in [-0.15, -0.1) is 0 Å². The van der Waals surface area contributed by atoms with Gasteiger partial charge in [0.2, 0.25) is 5.78 Å². The first-order valence-corrected chi connectivity index (χ1v) is 4.77. The molecule has 3 nitrogen and oxygen atoms in total. The number of aryl methyl sites for hydroxylation is 2. The molecular weight excluding hydrogens is 249 g/mol. The van der Waals surface area contributed by atoms with E-state index in [0.29, 0.717) is 5.69 Å². The summed E-state index contributed by atoms with van der Waals surface area (Å²) >= 11 is 10.4. The van der Waals surface area contributed by atoms with E-state index in [9.17, 15) is 13.6 Å². The smallest absolute Gasteiger partial charge is 0.291 e. The maximum Gasteiger partial charge on any atom is 0.380 e. The Hall–Kier alpha value is -0.680. The number of hydrogen-bond donors (Lipinski definition) is 0. The zero-order valence-corrected chi connectivity index (χ0v) is 9.53. The Kier molecular flexibility index (Phi) is 3.35. The molecule has 1 aromatic rings. The van der Waals surface area contributed by atoms with Crippen LogP contribution in [0.5, 0.6) is 0 Å². The Balaban J connectivity index is 2.95. The standard InChI is InChI=1S/C8H8Cl2F2N2O/c1-4-5(7(9)14(2)13-4)3-6(15)8(10,11)12/h3H2,1-2H3. The molecule has 1 rings (SSSR count). The molecule has 0 amide bonds. The average molecular weight is 257 g/mol. The van der Waals surface area contributed by atoms with Crippen molar-refractivity contribution in [2.75, 3.05) is 0 Å². The van der Waals surface area contributed by atoms with Crippen LogP contribution in [-0.4, -0.2) is 20.9 Å². The molecule has 0 spiro atoms. The second-order valence-electron chi connectivity index (χ2n) is 3.08. The van der Waals surface area contributed by atoms with E-state index in [2.05, 4.69) is 16.7 Å². The molecule has 0 atom stereocenters. The van der Waals surface area contributed by atoms with E-state index in [1.807, 2.05) is 0 Å². The fourth-order valence-corrected chi connectivity index (χ4v) is 1.44. The number of aromatic nitrogens is 2. The Morgan fingerprint density at radius 3 is 2.47 bits per heavy atom. The lowest BCUT2D eigenvalue weighted by atomic mass is 10.1. The first-order valence-electron chi connectivity index (χ1n) is 4.01. The average Bonchev–Trinajstić information content (AvgIpc) is 2.30. The van der Waals surface area contributed by atoms with Gasteiger partial charge in [0.25, 0.3) is 0 Å². The number of halogens is 4. The van der Waals surface area contributed by atoms with Crippen LogP contribution in [0.3, 0.4) is 0 Å². The van der Waals surface area contributed by atoms with Gasteiger partial charge in [0.1, 0.15) is 5.15 Å². The van der Waals surface area contributed by atoms with Gasteiger partial charge in [-0.3, -0.25) is 9.48 Å². The van der Waals surface area contributed by atoms with Crippen molar-refractivity contribution in [3.63, 3.8) is 0 Å². The predicted octanol–water partition coefficient (Wildman–Crippen LogP) is 2.33. The molecule has 0 fully saturated rings. The summed E-state index contributed by atoms with van der Waals surface area (Å²) in [5.74, 6) is -1.39. The lowest BCUT2D eigenvalue weighted by molar-refractivity contribution is -0.132. The molecule has 0 aromatic carbocycles. The Bertz CT molecular complexity index is 398. The molecule has 0 aliphatic carbocycles. The van der Waals surface area contributed by atoms with Crippen molar-refractivity contribution in [2.24, 2.45) is 7.05 Å². The third-order valence-electron chi connectivity index (χ3n) is 1.92. The zero-order chi connectivity index (χ0) is 11.8. The molecule has 0 radical (unpaired) electrons. The molecule has 0 unspecified atom stereocenters. The van der Waals surface area contributed by atoms with E-state index in [1.54, 1.807) is 14.0 Å². The maximum atomic E-state index is 12.4. The van der Waals surface area contributed by atoms with Gasteiger partial charge in [-0.1, -0.05) is 11.6 Å². The van der Waals surface area contributed by atoms with Gasteiger partial charge in [0.05, 0.1) is 5.69 Å². The SMILES string of the molecule is Cc1nn(C)c(Cl)c1CC(=O)C(F)(F)Cl. The highest BCUT2D eigenvalue weighted by molar-refractivity contribution is 6.33. The highest BCUT2D eigenvalue weighted by Crippen LogP contribution is 2.26. The third kappa shape index (κ3) is 2.66. The Morgan fingerprint density at radius 1 is 1.60 bits per heavy atom. The number of carbonyl (C=O) groups excluding carboxylic acids is 1. The number of Topliss-reactive ketones (excluding diaryl/α,β-unsaturated/α-hetero) is 1. The van der Waals surface area contributed by atoms with Crippen LogP contribution in [0.2, 0.25) is 5.15 Å². The number of hydrogen-bond acceptors (Lipinski definition) is 2. The van der Waals surface area contributed by atoms with Crippen LogP contribution in [0.1, 0.15) is 11.3 Å². The molecule has 0 bridgehead atoms. The van der Waals surface area contributed by atoms with Crippen LogP contribution in [-0.2, 0) is 18.3 Å². The summed E-state index contributed by atoms with van der Waals surface area (Å²) < 4.78 is 26.1. The third-order valence-corrected chi connectivity index (χ3v) is 2.61. The van der Waals surface area contributed by atoms with Crippen molar-refractivity contribution in [3.8, 4) is 0 Å². The van der Waals surface area contributed by atoms with E-state index in [1.165, 1.54) is 4.68 Å². The van der Waals surface area contributed by atoms with Gasteiger partial charge < -0.3 is 0 Å². The maximum absolute atomic E-state index is 12.4. The van der Waals surface area contributed by atoms with Crippen molar-refractivity contribution in [1.29, 1.82) is 0 Å². The lowest BCUT2D eigenvalue weighted by Gasteiger charge is -2.05. The van der Waals surface area contributed by atoms with Crippen molar-refractivity contribution in [3.05, 3.63) is 16.4 Å². The highest BCUT2D eigenvalue weighted by Gasteiger charge is 2.36. The van der Waals surface area contributed by atoms with Gasteiger partial charge in [-0.2, -0.15) is 13.9 Å². The Morgan fingerprint density at radius 2 is 2.13 bits per heavy atom. The minimum atomic E-state index is -3.86. The second kappa shape index (κ2) is 4.06. The second-order valence-corrected chi connectivity index (χ2v) is 3.91. The topological polar surface area (TPSA) is 34.9 Å². The highest BCUT2D eigenvalue weighted by atomic mass is 35.5. The minimum absolute atomic E-state index is 0.168. The number of ketones is 1. The van der Waals surface area contributed by atoms with Crippen LogP contribution < -0.4 is 0 Å². The van der Waals surface area contributed by atoms with Crippen LogP contribution in [0, 0.1) is 6.92 Å². The van der Waals surface area contributed by atoms with Gasteiger partial charge in [-0.25, -0.2) is 0 Å². The fraction of sp³-hybridized carbons (Fsp3) is 0.500. The van der Waals surface area contributed by atoms with Crippen LogP contribution in [0.25, 0.3) is 0 Å². The number of nitrogens with zero attached hydrogens (tertiary/aromatic N) is 2. The quantitative estimate of drug-likeness (QED) is 0.779. The van der Waals surface area contributed by atoms with E-state index in [-0.39, 0.29) is 10.7 Å². The van der Waals surface area contributed by atoms with E-state index < -0.39 is 17.6 Å². The molecule has 0 saturated carbocycles. The lowest BCUT2D eigenvalue weighted by Crippen LogP contribution is -2.23. The summed E-state index contributed by atoms with van der Waals surface area (Å²) in [5.41, 5.74) is 0.723. The fourth-order valence-electron chi connectivity index (χ4n) is 1.14. The molecule has 0 aliphatic heterocycles. The van der Waals surface area contributed by atoms with Gasteiger partial charge >= 0.3 is 5.38 Å². The van der Waals surface area contributed by atoms with Crippen LogP contribution >= 0.6 is 23.2 Å². The van der Waals surface area contributed by atoms with Crippen molar-refractivity contribution >= 4 is 29.0 Å². The molecule has 15 heavy (non-hydrogen) atoms. The molecule has 0 saturated heterocycles. The monoisotopic (exact) mass is 256 g/mol. The van der Waals surface area contributed by atoms with Crippen LogP contribution in [0.15, 0.2) is 0 Å². The van der Waals surface area contributed by atoms with Crippen LogP contribution in [0.4, 0.5) is 8.78 Å². The van der Waals surface area contributed by atoms with Gasteiger partial charge in [0, 0.05) is 19.0 Å². The van der Waals surface area contributed by atoms with Crippen molar-refractivity contribution in [1.82, 2.24) is 9.78 Å². The largest absolute Gasteiger partial charge is 0.380 e. The summed E-state index contributed by atoms with van der Waals surface area (Å²) in [4.78, 5) is 11.0. The summed E-state index contributed by atoms with van der Waals surface area (Å²) in [6.45, 7) is 1.58. The molecule has 7 heteroatoms. The molecule has 84 valence electrons. The van der Waals surface area contributed by atoms with E-state index >= 15 is 0 Å². The summed E-state index contributed by atoms with van der Waals surface area (Å²) in [5, 5.41) is 0.203. The van der Waals surface area contributed by atoms with Crippen molar-refractivity contribution in [2.45, 2.75) is 18.7 Å². The summed E-state index contributed by atoms with van der Waals surface area (Å²) in [7, 11) is 1.56. The van der Waals surface area contributed by atoms with Gasteiger partial charge in [-0.05, 0) is 18.5 Å². The minimum Gasteiger partial charge on any atom is -0.291 e.